The van der Waals surface area contributed by atoms with Crippen LogP contribution in [0.25, 0.3) is 0 Å². The van der Waals surface area contributed by atoms with Gasteiger partial charge < -0.3 is 9.64 Å². The summed E-state index contributed by atoms with van der Waals surface area (Å²) >= 11 is 0. The van der Waals surface area contributed by atoms with Gasteiger partial charge in [0.25, 0.3) is 0 Å². The van der Waals surface area contributed by atoms with Gasteiger partial charge >= 0.3 is 0 Å². The maximum absolute atomic E-state index is 5.59. The molecule has 1 aromatic heterocycles. The highest BCUT2D eigenvalue weighted by Gasteiger charge is 2.41. The molecule has 0 radical (unpaired) electrons. The second-order valence-electron chi connectivity index (χ2n) is 8.78. The van der Waals surface area contributed by atoms with Crippen molar-refractivity contribution >= 4 is 19.7 Å². The zero-order valence-electron chi connectivity index (χ0n) is 18.8. The van der Waals surface area contributed by atoms with Crippen molar-refractivity contribution in [1.29, 1.82) is 0 Å². The molecule has 0 spiro atoms. The van der Waals surface area contributed by atoms with Crippen molar-refractivity contribution in [1.82, 2.24) is 9.97 Å². The van der Waals surface area contributed by atoms with Crippen molar-refractivity contribution in [2.45, 2.75) is 64.6 Å². The lowest BCUT2D eigenvalue weighted by atomic mass is 10.1. The first-order chi connectivity index (χ1) is 13.8. The molecule has 0 aliphatic carbocycles. The van der Waals surface area contributed by atoms with E-state index in [-0.39, 0.29) is 0 Å². The Morgan fingerprint density at radius 2 is 1.62 bits per heavy atom. The van der Waals surface area contributed by atoms with Crippen LogP contribution in [0.1, 0.15) is 52.7 Å². The lowest BCUT2D eigenvalue weighted by Crippen LogP contribution is -2.43. The van der Waals surface area contributed by atoms with Gasteiger partial charge in [0.15, 0.2) is 0 Å². The van der Waals surface area contributed by atoms with Crippen LogP contribution in [-0.4, -0.2) is 31.7 Å². The second kappa shape index (κ2) is 8.58. The molecule has 1 aliphatic heterocycles. The number of ether oxygens (including phenoxy) is 1. The molecular formula is C24H33N3OSi. The quantitative estimate of drug-likeness (QED) is 0.467. The number of fused-ring (bicyclic) bond motifs is 1. The van der Waals surface area contributed by atoms with Crippen LogP contribution in [-0.2, 0) is 6.42 Å². The molecule has 1 aromatic carbocycles. The maximum Gasteiger partial charge on any atom is 0.229 e. The van der Waals surface area contributed by atoms with E-state index in [1.807, 2.05) is 6.07 Å². The molecular weight excluding hydrogens is 374 g/mol. The summed E-state index contributed by atoms with van der Waals surface area (Å²) in [6, 6.07) is 6.05. The molecule has 0 bridgehead atoms. The molecule has 0 saturated carbocycles. The normalized spacial score (nSPS) is 13.7. The minimum atomic E-state index is -1.82. The van der Waals surface area contributed by atoms with Gasteiger partial charge in [0.05, 0.1) is 18.4 Å². The molecule has 0 unspecified atom stereocenters. The molecule has 1 aliphatic rings. The highest BCUT2D eigenvalue weighted by molar-refractivity contribution is 6.90. The van der Waals surface area contributed by atoms with Gasteiger partial charge in [0, 0.05) is 18.9 Å². The summed E-state index contributed by atoms with van der Waals surface area (Å²) in [6.07, 6.45) is 4.54. The Balaban J connectivity index is 2.16. The van der Waals surface area contributed by atoms with E-state index in [1.165, 1.54) is 5.56 Å². The smallest absolute Gasteiger partial charge is 0.229 e. The van der Waals surface area contributed by atoms with Crippen molar-refractivity contribution in [2.75, 3.05) is 18.6 Å². The van der Waals surface area contributed by atoms with Gasteiger partial charge in [0.2, 0.25) is 5.95 Å². The van der Waals surface area contributed by atoms with Crippen LogP contribution in [0.3, 0.4) is 0 Å². The molecule has 29 heavy (non-hydrogen) atoms. The summed E-state index contributed by atoms with van der Waals surface area (Å²) in [7, 11) is -0.100. The van der Waals surface area contributed by atoms with Crippen LogP contribution in [0, 0.1) is 11.5 Å². The minimum absolute atomic E-state index is 0.599. The van der Waals surface area contributed by atoms with Gasteiger partial charge in [-0.05, 0) is 46.8 Å². The fraction of sp³-hybridized carbons (Fsp3) is 0.500. The first kappa shape index (κ1) is 21.4. The van der Waals surface area contributed by atoms with Crippen molar-refractivity contribution in [3.8, 4) is 17.2 Å². The van der Waals surface area contributed by atoms with Crippen molar-refractivity contribution in [3.63, 3.8) is 0 Å². The van der Waals surface area contributed by atoms with Gasteiger partial charge in [-0.1, -0.05) is 47.5 Å². The second-order valence-corrected chi connectivity index (χ2v) is 14.4. The molecule has 4 nitrogen and oxygen atoms in total. The number of rotatable bonds is 5. The molecule has 0 N–H and O–H groups in total. The highest BCUT2D eigenvalue weighted by Crippen LogP contribution is 2.42. The summed E-state index contributed by atoms with van der Waals surface area (Å²) < 4.78 is 5.59. The number of nitrogens with zero attached hydrogens (tertiary/aromatic N) is 3. The Morgan fingerprint density at radius 3 is 2.17 bits per heavy atom. The van der Waals surface area contributed by atoms with Crippen LogP contribution in [0.4, 0.5) is 11.6 Å². The van der Waals surface area contributed by atoms with Gasteiger partial charge in [-0.25, -0.2) is 9.97 Å². The molecule has 5 heteroatoms. The summed E-state index contributed by atoms with van der Waals surface area (Å²) in [6.45, 7) is 15.0. The van der Waals surface area contributed by atoms with E-state index in [4.69, 9.17) is 4.74 Å². The summed E-state index contributed by atoms with van der Waals surface area (Å²) in [5, 5.41) is 0. The van der Waals surface area contributed by atoms with E-state index in [9.17, 15) is 0 Å². The Morgan fingerprint density at radius 1 is 1.00 bits per heavy atom. The Kier molecular flexibility index (Phi) is 6.33. The van der Waals surface area contributed by atoms with Crippen LogP contribution in [0.15, 0.2) is 30.6 Å². The molecule has 2 heterocycles. The molecule has 3 rings (SSSR count). The minimum Gasteiger partial charge on any atom is -0.497 e. The third-order valence-corrected chi connectivity index (χ3v) is 12.6. The lowest BCUT2D eigenvalue weighted by molar-refractivity contribution is 0.414. The number of hydrogen-bond acceptors (Lipinski definition) is 4. The molecule has 2 aromatic rings. The summed E-state index contributed by atoms with van der Waals surface area (Å²) in [5.74, 6) is 5.24. The predicted molar refractivity (Wildman–Crippen MR) is 124 cm³/mol. The van der Waals surface area contributed by atoms with Crippen LogP contribution < -0.4 is 9.64 Å². The molecule has 154 valence electrons. The standard InChI is InChI=1S/C24H33N3OSi/c1-17(2)29(18(3)4,19(5)6)14-10-21-16-22(28-7)15-20-9-13-27(23(20)21)24-25-11-8-12-26-24/h8,11-12,15-19H,9,13H2,1-7H3. The van der Waals surface area contributed by atoms with Gasteiger partial charge in [0.1, 0.15) is 13.8 Å². The number of aromatic nitrogens is 2. The van der Waals surface area contributed by atoms with E-state index in [0.717, 1.165) is 35.9 Å². The van der Waals surface area contributed by atoms with E-state index in [0.29, 0.717) is 16.6 Å². The van der Waals surface area contributed by atoms with E-state index >= 15 is 0 Å². The summed E-state index contributed by atoms with van der Waals surface area (Å²) in [4.78, 5) is 11.2. The molecule has 0 saturated heterocycles. The third kappa shape index (κ3) is 3.91. The number of methoxy groups -OCH3 is 1. The Bertz CT molecular complexity index is 891. The average molecular weight is 408 g/mol. The predicted octanol–water partition coefficient (Wildman–Crippen LogP) is 5.75. The van der Waals surface area contributed by atoms with Crippen molar-refractivity contribution < 1.29 is 4.74 Å². The van der Waals surface area contributed by atoms with Gasteiger partial charge in [-0.3, -0.25) is 0 Å². The fourth-order valence-corrected chi connectivity index (χ4v) is 10.2. The van der Waals surface area contributed by atoms with Gasteiger partial charge in [-0.2, -0.15) is 0 Å². The van der Waals surface area contributed by atoms with Crippen LogP contribution >= 0.6 is 0 Å². The van der Waals surface area contributed by atoms with Gasteiger partial charge in [-0.15, -0.1) is 5.54 Å². The fourth-order valence-electron chi connectivity index (χ4n) is 4.97. The van der Waals surface area contributed by atoms with Crippen molar-refractivity contribution in [2.24, 2.45) is 0 Å². The topological polar surface area (TPSA) is 38.2 Å². The van der Waals surface area contributed by atoms with Crippen LogP contribution in [0.2, 0.25) is 16.6 Å². The molecule has 0 fully saturated rings. The van der Waals surface area contributed by atoms with Crippen molar-refractivity contribution in [3.05, 3.63) is 41.7 Å². The number of hydrogen-bond donors (Lipinski definition) is 0. The summed E-state index contributed by atoms with van der Waals surface area (Å²) in [5.41, 5.74) is 9.09. The largest absolute Gasteiger partial charge is 0.497 e. The first-order valence-corrected chi connectivity index (χ1v) is 12.8. The average Bonchev–Trinajstić information content (AvgIpc) is 3.12. The Hall–Kier alpha value is -2.32. The number of benzene rings is 1. The zero-order valence-corrected chi connectivity index (χ0v) is 19.8. The Labute approximate surface area is 176 Å². The van der Waals surface area contributed by atoms with Crippen LogP contribution in [0.5, 0.6) is 5.75 Å². The zero-order chi connectivity index (χ0) is 21.2. The molecule has 0 amide bonds. The highest BCUT2D eigenvalue weighted by atomic mass is 28.3. The van der Waals surface area contributed by atoms with E-state index in [1.54, 1.807) is 19.5 Å². The number of anilines is 2. The lowest BCUT2D eigenvalue weighted by Gasteiger charge is -2.38. The third-order valence-electron chi connectivity index (χ3n) is 6.35. The monoisotopic (exact) mass is 407 g/mol. The SMILES string of the molecule is COc1cc(C#C[Si](C(C)C)(C(C)C)C(C)C)c2c(c1)CCN2c1ncccn1. The maximum atomic E-state index is 5.59. The van der Waals surface area contributed by atoms with E-state index < -0.39 is 8.07 Å². The van der Waals surface area contributed by atoms with E-state index in [2.05, 4.69) is 80.0 Å². The first-order valence-electron chi connectivity index (χ1n) is 10.6. The molecule has 0 atom stereocenters.